The summed E-state index contributed by atoms with van der Waals surface area (Å²) >= 11 is 0. The van der Waals surface area contributed by atoms with Crippen LogP contribution in [0.2, 0.25) is 0 Å². The number of carbonyl (C=O) groups excluding carboxylic acids is 1. The lowest BCUT2D eigenvalue weighted by molar-refractivity contribution is 0.102. The van der Waals surface area contributed by atoms with Crippen molar-refractivity contribution >= 4 is 12.0 Å². The molecule has 2 atom stereocenters. The van der Waals surface area contributed by atoms with Crippen molar-refractivity contribution < 1.29 is 13.6 Å². The minimum Gasteiger partial charge on any atom is -0.366 e. The van der Waals surface area contributed by atoms with Crippen LogP contribution in [0.4, 0.5) is 14.5 Å². The van der Waals surface area contributed by atoms with Crippen LogP contribution in [0.25, 0.3) is 0 Å². The summed E-state index contributed by atoms with van der Waals surface area (Å²) in [6.45, 7) is 2.45. The predicted octanol–water partition coefficient (Wildman–Crippen LogP) is 2.70. The minimum absolute atomic E-state index is 0.0206. The summed E-state index contributed by atoms with van der Waals surface area (Å²) < 4.78 is 28.3. The number of nitrogens with zero attached hydrogens (tertiary/aromatic N) is 2. The van der Waals surface area contributed by atoms with Crippen LogP contribution in [0.1, 0.15) is 29.6 Å². The van der Waals surface area contributed by atoms with Crippen LogP contribution in [0, 0.1) is 17.6 Å². The van der Waals surface area contributed by atoms with Gasteiger partial charge in [-0.15, -0.1) is 0 Å². The number of benzene rings is 1. The zero-order valence-electron chi connectivity index (χ0n) is 12.2. The Labute approximate surface area is 123 Å². The molecule has 0 saturated carbocycles. The van der Waals surface area contributed by atoms with Crippen LogP contribution in [-0.4, -0.2) is 43.9 Å². The van der Waals surface area contributed by atoms with Gasteiger partial charge in [-0.1, -0.05) is 0 Å². The van der Waals surface area contributed by atoms with E-state index in [1.54, 1.807) is 4.90 Å². The third-order valence-electron chi connectivity index (χ3n) is 4.84. The Bertz CT molecular complexity index is 526. The summed E-state index contributed by atoms with van der Waals surface area (Å²) in [5, 5.41) is 0. The molecule has 2 unspecified atom stereocenters. The van der Waals surface area contributed by atoms with Gasteiger partial charge in [-0.05, 0) is 50.9 Å². The van der Waals surface area contributed by atoms with Crippen molar-refractivity contribution in [3.63, 3.8) is 0 Å². The molecule has 0 amide bonds. The Morgan fingerprint density at radius 2 is 1.90 bits per heavy atom. The van der Waals surface area contributed by atoms with Gasteiger partial charge in [-0.3, -0.25) is 4.79 Å². The number of aldehydes is 1. The molecule has 21 heavy (non-hydrogen) atoms. The summed E-state index contributed by atoms with van der Waals surface area (Å²) in [4.78, 5) is 14.8. The van der Waals surface area contributed by atoms with Crippen LogP contribution in [0.15, 0.2) is 12.1 Å². The van der Waals surface area contributed by atoms with Crippen LogP contribution in [0.3, 0.4) is 0 Å². The highest BCUT2D eigenvalue weighted by Crippen LogP contribution is 2.34. The summed E-state index contributed by atoms with van der Waals surface area (Å²) in [5.74, 6) is -0.818. The molecule has 2 aliphatic rings. The van der Waals surface area contributed by atoms with Gasteiger partial charge in [0.05, 0.1) is 0 Å². The van der Waals surface area contributed by atoms with Crippen LogP contribution < -0.4 is 4.90 Å². The van der Waals surface area contributed by atoms with Gasteiger partial charge in [0.1, 0.15) is 23.6 Å². The first-order chi connectivity index (χ1) is 10.1. The van der Waals surface area contributed by atoms with Gasteiger partial charge < -0.3 is 9.80 Å². The number of fused-ring (bicyclic) bond motifs is 1. The average molecular weight is 294 g/mol. The van der Waals surface area contributed by atoms with E-state index in [1.165, 1.54) is 0 Å². The fourth-order valence-corrected chi connectivity index (χ4v) is 3.81. The summed E-state index contributed by atoms with van der Waals surface area (Å²) in [5.41, 5.74) is 0.0633. The number of piperidine rings is 2. The number of likely N-dealkylation sites (tertiary alicyclic amines) is 1. The van der Waals surface area contributed by atoms with Crippen molar-refractivity contribution in [1.82, 2.24) is 4.90 Å². The van der Waals surface area contributed by atoms with Gasteiger partial charge in [-0.25, -0.2) is 8.78 Å². The molecule has 0 radical (unpaired) electrons. The van der Waals surface area contributed by atoms with E-state index >= 15 is 0 Å². The maximum atomic E-state index is 14.1. The number of carbonyl (C=O) groups is 1. The summed E-state index contributed by atoms with van der Waals surface area (Å²) in [6.07, 6.45) is 3.65. The second-order valence-corrected chi connectivity index (χ2v) is 6.14. The van der Waals surface area contributed by atoms with Crippen molar-refractivity contribution in [3.05, 3.63) is 29.3 Å². The smallest absolute Gasteiger partial charge is 0.150 e. The second-order valence-electron chi connectivity index (χ2n) is 6.14. The molecule has 0 bridgehead atoms. The van der Waals surface area contributed by atoms with Crippen molar-refractivity contribution in [2.24, 2.45) is 5.92 Å². The highest BCUT2D eigenvalue weighted by atomic mass is 19.1. The SMILES string of the molecule is CN1CCCC2CN(c3c(F)cc(C=O)cc3F)CCC21. The van der Waals surface area contributed by atoms with Crippen molar-refractivity contribution in [3.8, 4) is 0 Å². The third-order valence-corrected chi connectivity index (χ3v) is 4.84. The highest BCUT2D eigenvalue weighted by Gasteiger charge is 2.35. The molecule has 1 aromatic carbocycles. The Balaban J connectivity index is 1.84. The van der Waals surface area contributed by atoms with Crippen molar-refractivity contribution in [2.75, 3.05) is 31.6 Å². The molecule has 1 aromatic rings. The molecular formula is C16H20F2N2O. The van der Waals surface area contributed by atoms with Crippen LogP contribution in [0.5, 0.6) is 0 Å². The van der Waals surface area contributed by atoms with Gasteiger partial charge in [-0.2, -0.15) is 0 Å². The Morgan fingerprint density at radius 1 is 1.19 bits per heavy atom. The zero-order valence-corrected chi connectivity index (χ0v) is 12.2. The molecule has 0 N–H and O–H groups in total. The molecule has 0 spiro atoms. The van der Waals surface area contributed by atoms with E-state index in [-0.39, 0.29) is 11.3 Å². The van der Waals surface area contributed by atoms with E-state index in [9.17, 15) is 13.6 Å². The maximum absolute atomic E-state index is 14.1. The first-order valence-corrected chi connectivity index (χ1v) is 7.49. The Hall–Kier alpha value is -1.49. The molecule has 0 aliphatic carbocycles. The lowest BCUT2D eigenvalue weighted by atomic mass is 9.84. The van der Waals surface area contributed by atoms with E-state index in [1.807, 2.05) is 0 Å². The van der Waals surface area contributed by atoms with Crippen LogP contribution in [-0.2, 0) is 0 Å². The molecule has 2 fully saturated rings. The van der Waals surface area contributed by atoms with E-state index in [2.05, 4.69) is 11.9 Å². The van der Waals surface area contributed by atoms with Gasteiger partial charge in [0, 0.05) is 24.7 Å². The molecule has 0 aromatic heterocycles. The first kappa shape index (κ1) is 14.4. The van der Waals surface area contributed by atoms with Crippen molar-refractivity contribution in [2.45, 2.75) is 25.3 Å². The third kappa shape index (κ3) is 2.67. The number of rotatable bonds is 2. The summed E-state index contributed by atoms with van der Waals surface area (Å²) in [7, 11) is 2.13. The average Bonchev–Trinajstić information content (AvgIpc) is 2.46. The Kier molecular flexibility index (Phi) is 3.93. The van der Waals surface area contributed by atoms with E-state index < -0.39 is 11.6 Å². The van der Waals surface area contributed by atoms with Gasteiger partial charge >= 0.3 is 0 Å². The largest absolute Gasteiger partial charge is 0.366 e. The van der Waals surface area contributed by atoms with E-state index in [0.717, 1.165) is 37.9 Å². The molecule has 2 heterocycles. The molecule has 3 nitrogen and oxygen atoms in total. The summed E-state index contributed by atoms with van der Waals surface area (Å²) in [6, 6.07) is 2.75. The van der Waals surface area contributed by atoms with Gasteiger partial charge in [0.2, 0.25) is 0 Å². The fourth-order valence-electron chi connectivity index (χ4n) is 3.81. The van der Waals surface area contributed by atoms with Crippen LogP contribution >= 0.6 is 0 Å². The second kappa shape index (κ2) is 5.72. The van der Waals surface area contributed by atoms with Gasteiger partial charge in [0.25, 0.3) is 0 Å². The zero-order chi connectivity index (χ0) is 15.0. The Morgan fingerprint density at radius 3 is 2.57 bits per heavy atom. The minimum atomic E-state index is -0.639. The lowest BCUT2D eigenvalue weighted by Gasteiger charge is -2.46. The first-order valence-electron chi connectivity index (χ1n) is 7.49. The molecular weight excluding hydrogens is 274 g/mol. The number of hydrogen-bond acceptors (Lipinski definition) is 3. The molecule has 5 heteroatoms. The lowest BCUT2D eigenvalue weighted by Crippen LogP contribution is -2.53. The number of hydrogen-bond donors (Lipinski definition) is 0. The quantitative estimate of drug-likeness (QED) is 0.784. The van der Waals surface area contributed by atoms with E-state index in [0.29, 0.717) is 31.3 Å². The normalized spacial score (nSPS) is 26.5. The van der Waals surface area contributed by atoms with Gasteiger partial charge in [0.15, 0.2) is 0 Å². The standard InChI is InChI=1S/C16H20F2N2O/c1-19-5-2-3-12-9-20(6-4-15(12)19)16-13(17)7-11(10-21)8-14(16)18/h7-8,10,12,15H,2-6,9H2,1H3. The molecule has 3 rings (SSSR count). The number of halogens is 2. The monoisotopic (exact) mass is 294 g/mol. The topological polar surface area (TPSA) is 23.6 Å². The van der Waals surface area contributed by atoms with Crippen molar-refractivity contribution in [1.29, 1.82) is 0 Å². The highest BCUT2D eigenvalue weighted by molar-refractivity contribution is 5.76. The molecule has 2 aliphatic heterocycles. The molecule has 114 valence electrons. The molecule has 2 saturated heterocycles. The maximum Gasteiger partial charge on any atom is 0.150 e. The number of anilines is 1. The van der Waals surface area contributed by atoms with E-state index in [4.69, 9.17) is 0 Å². The predicted molar refractivity (Wildman–Crippen MR) is 77.7 cm³/mol. The fraction of sp³-hybridized carbons (Fsp3) is 0.562.